The van der Waals surface area contributed by atoms with Gasteiger partial charge in [-0.3, -0.25) is 9.69 Å². The van der Waals surface area contributed by atoms with E-state index in [1.165, 1.54) is 18.2 Å². The summed E-state index contributed by atoms with van der Waals surface area (Å²) in [6.45, 7) is 2.77. The number of likely N-dealkylation sites (N-methyl/N-ethyl adjacent to an activating group) is 1. The van der Waals surface area contributed by atoms with Crippen LogP contribution in [0, 0.1) is 6.92 Å². The Hall–Kier alpha value is -2.54. The highest BCUT2D eigenvalue weighted by atomic mass is 19.4. The van der Waals surface area contributed by atoms with Gasteiger partial charge in [0.25, 0.3) is 0 Å². The Kier molecular flexibility index (Phi) is 6.63. The minimum atomic E-state index is -4.52. The van der Waals surface area contributed by atoms with Crippen molar-refractivity contribution < 1.29 is 22.7 Å². The summed E-state index contributed by atoms with van der Waals surface area (Å²) in [7, 11) is 1.70. The van der Waals surface area contributed by atoms with Crippen molar-refractivity contribution in [3.63, 3.8) is 0 Å². The number of rotatable bonds is 7. The molecule has 140 valence electrons. The quantitative estimate of drug-likeness (QED) is 0.806. The van der Waals surface area contributed by atoms with E-state index < -0.39 is 17.6 Å². The zero-order valence-electron chi connectivity index (χ0n) is 14.6. The van der Waals surface area contributed by atoms with Gasteiger partial charge in [0.05, 0.1) is 17.8 Å². The number of nitrogens with one attached hydrogen (secondary N) is 1. The molecule has 2 aromatic rings. The Bertz CT molecular complexity index is 730. The number of para-hydroxylation sites is 1. The van der Waals surface area contributed by atoms with E-state index in [9.17, 15) is 18.0 Å². The Morgan fingerprint density at radius 2 is 1.77 bits per heavy atom. The monoisotopic (exact) mass is 366 g/mol. The molecule has 0 aliphatic carbocycles. The van der Waals surface area contributed by atoms with Crippen LogP contribution in [0.1, 0.15) is 11.1 Å². The van der Waals surface area contributed by atoms with E-state index in [1.807, 2.05) is 31.2 Å². The van der Waals surface area contributed by atoms with Gasteiger partial charge in [0, 0.05) is 6.54 Å². The molecule has 0 atom stereocenters. The maximum atomic E-state index is 12.9. The third-order valence-electron chi connectivity index (χ3n) is 3.68. The summed E-state index contributed by atoms with van der Waals surface area (Å²) in [5, 5.41) is 2.32. The lowest BCUT2D eigenvalue weighted by atomic mass is 10.1. The average Bonchev–Trinajstić information content (AvgIpc) is 2.56. The Labute approximate surface area is 150 Å². The van der Waals surface area contributed by atoms with E-state index in [0.29, 0.717) is 13.2 Å². The summed E-state index contributed by atoms with van der Waals surface area (Å²) < 4.78 is 44.4. The fourth-order valence-corrected chi connectivity index (χ4v) is 2.31. The Balaban J connectivity index is 1.81. The highest BCUT2D eigenvalue weighted by Crippen LogP contribution is 2.34. The van der Waals surface area contributed by atoms with Crippen molar-refractivity contribution in [1.82, 2.24) is 4.90 Å². The molecule has 2 aromatic carbocycles. The topological polar surface area (TPSA) is 41.6 Å². The van der Waals surface area contributed by atoms with Crippen molar-refractivity contribution in [2.45, 2.75) is 13.1 Å². The fourth-order valence-electron chi connectivity index (χ4n) is 2.31. The Morgan fingerprint density at radius 1 is 1.12 bits per heavy atom. The van der Waals surface area contributed by atoms with Crippen LogP contribution < -0.4 is 10.1 Å². The molecule has 4 nitrogen and oxygen atoms in total. The van der Waals surface area contributed by atoms with Gasteiger partial charge in [-0.05, 0) is 38.2 Å². The van der Waals surface area contributed by atoms with E-state index in [1.54, 1.807) is 11.9 Å². The van der Waals surface area contributed by atoms with E-state index in [2.05, 4.69) is 5.32 Å². The molecule has 0 spiro atoms. The summed E-state index contributed by atoms with van der Waals surface area (Å²) >= 11 is 0. The number of benzene rings is 2. The number of carbonyl (C=O) groups excluding carboxylic acids is 1. The van der Waals surface area contributed by atoms with Crippen molar-refractivity contribution in [2.24, 2.45) is 0 Å². The van der Waals surface area contributed by atoms with Crippen LogP contribution in [0.3, 0.4) is 0 Å². The lowest BCUT2D eigenvalue weighted by Crippen LogP contribution is -2.33. The van der Waals surface area contributed by atoms with E-state index >= 15 is 0 Å². The van der Waals surface area contributed by atoms with Crippen LogP contribution in [-0.2, 0) is 11.0 Å². The first-order valence-electron chi connectivity index (χ1n) is 8.10. The summed E-state index contributed by atoms with van der Waals surface area (Å²) in [5.74, 6) is 0.215. The highest BCUT2D eigenvalue weighted by Gasteiger charge is 2.33. The van der Waals surface area contributed by atoms with Gasteiger partial charge >= 0.3 is 6.18 Å². The maximum absolute atomic E-state index is 12.9. The molecule has 0 bridgehead atoms. The molecule has 0 aromatic heterocycles. The number of anilines is 1. The third-order valence-corrected chi connectivity index (χ3v) is 3.68. The van der Waals surface area contributed by atoms with Crippen LogP contribution in [0.5, 0.6) is 5.75 Å². The standard InChI is InChI=1S/C19H21F3N2O2/c1-14-7-9-15(10-8-14)26-12-11-24(2)13-18(25)23-17-6-4-3-5-16(17)19(20,21)22/h3-10H,11-13H2,1-2H3,(H,23,25). The van der Waals surface area contributed by atoms with Crippen LogP contribution in [0.2, 0.25) is 0 Å². The predicted molar refractivity (Wildman–Crippen MR) is 94.2 cm³/mol. The molecule has 0 radical (unpaired) electrons. The number of hydrogen-bond donors (Lipinski definition) is 1. The van der Waals surface area contributed by atoms with Crippen molar-refractivity contribution in [2.75, 3.05) is 32.1 Å². The van der Waals surface area contributed by atoms with E-state index in [4.69, 9.17) is 4.74 Å². The normalized spacial score (nSPS) is 11.5. The summed E-state index contributed by atoms with van der Waals surface area (Å²) in [6.07, 6.45) is -4.52. The van der Waals surface area contributed by atoms with Crippen molar-refractivity contribution in [1.29, 1.82) is 0 Å². The first-order valence-corrected chi connectivity index (χ1v) is 8.10. The summed E-state index contributed by atoms with van der Waals surface area (Å²) in [4.78, 5) is 13.7. The molecule has 0 fully saturated rings. The van der Waals surface area contributed by atoms with E-state index in [-0.39, 0.29) is 12.2 Å². The molecule has 0 heterocycles. The first-order chi connectivity index (χ1) is 12.3. The minimum Gasteiger partial charge on any atom is -0.492 e. The molecular formula is C19H21F3N2O2. The van der Waals surface area contributed by atoms with Crippen molar-refractivity contribution >= 4 is 11.6 Å². The molecule has 0 unspecified atom stereocenters. The zero-order chi connectivity index (χ0) is 19.2. The largest absolute Gasteiger partial charge is 0.492 e. The van der Waals surface area contributed by atoms with Gasteiger partial charge in [-0.25, -0.2) is 0 Å². The van der Waals surface area contributed by atoms with Crippen molar-refractivity contribution in [3.05, 3.63) is 59.7 Å². The van der Waals surface area contributed by atoms with Gasteiger partial charge in [0.1, 0.15) is 12.4 Å². The summed E-state index contributed by atoms with van der Waals surface area (Å²) in [5.41, 5.74) is 0.0262. The number of ether oxygens (including phenoxy) is 1. The second-order valence-electron chi connectivity index (χ2n) is 5.99. The molecule has 26 heavy (non-hydrogen) atoms. The average molecular weight is 366 g/mol. The molecule has 2 rings (SSSR count). The van der Waals surface area contributed by atoms with Crippen LogP contribution in [0.25, 0.3) is 0 Å². The number of alkyl halides is 3. The van der Waals surface area contributed by atoms with Gasteiger partial charge in [0.15, 0.2) is 0 Å². The van der Waals surface area contributed by atoms with Gasteiger partial charge < -0.3 is 10.1 Å². The van der Waals surface area contributed by atoms with Crippen LogP contribution in [0.4, 0.5) is 18.9 Å². The minimum absolute atomic E-state index is 0.0382. The lowest BCUT2D eigenvalue weighted by molar-refractivity contribution is -0.137. The van der Waals surface area contributed by atoms with E-state index in [0.717, 1.165) is 17.4 Å². The molecule has 0 aliphatic heterocycles. The van der Waals surface area contributed by atoms with Gasteiger partial charge in [-0.1, -0.05) is 29.8 Å². The molecule has 0 saturated heterocycles. The fraction of sp³-hybridized carbons (Fsp3) is 0.316. The van der Waals surface area contributed by atoms with Crippen molar-refractivity contribution in [3.8, 4) is 5.75 Å². The highest BCUT2D eigenvalue weighted by molar-refractivity contribution is 5.93. The van der Waals surface area contributed by atoms with Gasteiger partial charge in [0.2, 0.25) is 5.91 Å². The third kappa shape index (κ3) is 6.07. The lowest BCUT2D eigenvalue weighted by Gasteiger charge is -2.18. The number of halogens is 3. The molecule has 0 saturated carbocycles. The zero-order valence-corrected chi connectivity index (χ0v) is 14.6. The second-order valence-corrected chi connectivity index (χ2v) is 5.99. The van der Waals surface area contributed by atoms with Crippen LogP contribution >= 0.6 is 0 Å². The molecule has 1 amide bonds. The first kappa shape index (κ1) is 19.8. The number of carbonyl (C=O) groups is 1. The number of nitrogens with zero attached hydrogens (tertiary/aromatic N) is 1. The predicted octanol–water partition coefficient (Wildman–Crippen LogP) is 3.96. The number of hydrogen-bond acceptors (Lipinski definition) is 3. The summed E-state index contributed by atoms with van der Waals surface area (Å²) in [6, 6.07) is 12.5. The maximum Gasteiger partial charge on any atom is 0.418 e. The molecule has 1 N–H and O–H groups in total. The molecule has 0 aliphatic rings. The van der Waals surface area contributed by atoms with Gasteiger partial charge in [-0.2, -0.15) is 13.2 Å². The number of amides is 1. The van der Waals surface area contributed by atoms with Gasteiger partial charge in [-0.15, -0.1) is 0 Å². The SMILES string of the molecule is Cc1ccc(OCCN(C)CC(=O)Nc2ccccc2C(F)(F)F)cc1. The molecule has 7 heteroatoms. The molecular weight excluding hydrogens is 345 g/mol. The van der Waals surface area contributed by atoms with Crippen LogP contribution in [0.15, 0.2) is 48.5 Å². The Morgan fingerprint density at radius 3 is 2.42 bits per heavy atom. The smallest absolute Gasteiger partial charge is 0.418 e. The second kappa shape index (κ2) is 8.71. The number of aryl methyl sites for hydroxylation is 1. The van der Waals surface area contributed by atoms with Crippen LogP contribution in [-0.4, -0.2) is 37.6 Å².